The molecule has 0 aliphatic rings. The van der Waals surface area contributed by atoms with E-state index < -0.39 is 11.5 Å². The maximum atomic E-state index is 12.0. The Kier molecular flexibility index (Phi) is 5.09. The van der Waals surface area contributed by atoms with Gasteiger partial charge in [0.15, 0.2) is 0 Å². The molecule has 2 aromatic rings. The predicted molar refractivity (Wildman–Crippen MR) is 86.1 cm³/mol. The fourth-order valence-corrected chi connectivity index (χ4v) is 2.40. The van der Waals surface area contributed by atoms with Gasteiger partial charge in [0.05, 0.1) is 16.3 Å². The van der Waals surface area contributed by atoms with Gasteiger partial charge in [0.1, 0.15) is 11.6 Å². The van der Waals surface area contributed by atoms with E-state index in [1.807, 2.05) is 6.07 Å². The molecule has 112 valence electrons. The number of thioether (sulfide) groups is 1. The molecular formula is C14H11ClN4O2S. The number of halogens is 1. The molecule has 3 N–H and O–H groups in total. The lowest BCUT2D eigenvalue weighted by Crippen LogP contribution is -2.34. The molecule has 0 saturated heterocycles. The minimum Gasteiger partial charge on any atom is -0.315 e. The molecule has 2 rings (SSSR count). The second-order valence-corrected chi connectivity index (χ2v) is 5.41. The summed E-state index contributed by atoms with van der Waals surface area (Å²) >= 11 is 7.06. The van der Waals surface area contributed by atoms with Crippen LogP contribution in [0.1, 0.15) is 15.9 Å². The van der Waals surface area contributed by atoms with Crippen LogP contribution in [0, 0.1) is 11.3 Å². The molecule has 0 fully saturated rings. The second-order valence-electron chi connectivity index (χ2n) is 4.16. The Morgan fingerprint density at radius 3 is 2.82 bits per heavy atom. The molecule has 1 amide bonds. The normalized spacial score (nSPS) is 9.86. The Bertz CT molecular complexity index is 813. The zero-order valence-corrected chi connectivity index (χ0v) is 13.0. The summed E-state index contributed by atoms with van der Waals surface area (Å²) in [6.45, 7) is 0. The second kappa shape index (κ2) is 7.02. The number of hydrogen-bond acceptors (Lipinski definition) is 5. The van der Waals surface area contributed by atoms with Crippen LogP contribution >= 0.6 is 23.4 Å². The third kappa shape index (κ3) is 3.61. The van der Waals surface area contributed by atoms with Gasteiger partial charge in [-0.05, 0) is 30.5 Å². The molecule has 0 radical (unpaired) electrons. The van der Waals surface area contributed by atoms with Crippen LogP contribution in [-0.4, -0.2) is 17.1 Å². The zero-order valence-electron chi connectivity index (χ0n) is 11.4. The van der Waals surface area contributed by atoms with Crippen LogP contribution in [0.2, 0.25) is 5.02 Å². The van der Waals surface area contributed by atoms with Crippen molar-refractivity contribution >= 4 is 35.0 Å². The van der Waals surface area contributed by atoms with Gasteiger partial charge in [-0.3, -0.25) is 20.4 Å². The fraction of sp³-hybridized carbons (Fsp3) is 0.0714. The van der Waals surface area contributed by atoms with E-state index in [-0.39, 0.29) is 11.1 Å². The van der Waals surface area contributed by atoms with Gasteiger partial charge in [-0.2, -0.15) is 5.26 Å². The molecule has 0 aliphatic heterocycles. The van der Waals surface area contributed by atoms with Crippen LogP contribution in [0.4, 0.5) is 5.69 Å². The Morgan fingerprint density at radius 1 is 1.41 bits per heavy atom. The van der Waals surface area contributed by atoms with E-state index in [4.69, 9.17) is 16.9 Å². The lowest BCUT2D eigenvalue weighted by Gasteiger charge is -2.09. The number of amides is 1. The molecule has 6 nitrogen and oxygen atoms in total. The molecule has 0 unspecified atom stereocenters. The largest absolute Gasteiger partial charge is 0.315 e. The van der Waals surface area contributed by atoms with Crippen molar-refractivity contribution in [1.29, 1.82) is 5.26 Å². The third-order valence-electron chi connectivity index (χ3n) is 2.72. The number of hydrazine groups is 1. The molecule has 22 heavy (non-hydrogen) atoms. The van der Waals surface area contributed by atoms with Crippen LogP contribution in [0.25, 0.3) is 0 Å². The average molecular weight is 335 g/mol. The Morgan fingerprint density at radius 2 is 2.18 bits per heavy atom. The number of H-pyrrole nitrogens is 1. The van der Waals surface area contributed by atoms with Crippen molar-refractivity contribution in [2.45, 2.75) is 5.03 Å². The van der Waals surface area contributed by atoms with Gasteiger partial charge >= 0.3 is 0 Å². The predicted octanol–water partition coefficient (Wildman–Crippen LogP) is 2.38. The van der Waals surface area contributed by atoms with Crippen molar-refractivity contribution in [2.75, 3.05) is 11.7 Å². The Hall–Kier alpha value is -2.43. The average Bonchev–Trinajstić information content (AvgIpc) is 2.52. The number of carbonyl (C=O) groups excluding carboxylic acids is 1. The Balaban J connectivity index is 2.20. The van der Waals surface area contributed by atoms with E-state index in [1.54, 1.807) is 30.5 Å². The number of pyridine rings is 1. The van der Waals surface area contributed by atoms with Crippen molar-refractivity contribution in [3.05, 3.63) is 56.8 Å². The summed E-state index contributed by atoms with van der Waals surface area (Å²) in [4.78, 5) is 26.4. The van der Waals surface area contributed by atoms with Crippen molar-refractivity contribution < 1.29 is 4.79 Å². The summed E-state index contributed by atoms with van der Waals surface area (Å²) in [6, 6.07) is 9.93. The number of aromatic nitrogens is 1. The van der Waals surface area contributed by atoms with Crippen LogP contribution < -0.4 is 16.4 Å². The summed E-state index contributed by atoms with van der Waals surface area (Å²) in [5.41, 5.74) is 5.13. The van der Waals surface area contributed by atoms with Crippen LogP contribution in [0.15, 0.2) is 40.2 Å². The lowest BCUT2D eigenvalue weighted by molar-refractivity contribution is 0.0961. The lowest BCUT2D eigenvalue weighted by atomic mass is 10.2. The van der Waals surface area contributed by atoms with E-state index >= 15 is 0 Å². The highest BCUT2D eigenvalue weighted by molar-refractivity contribution is 7.98. The number of nitrogens with one attached hydrogen (secondary N) is 3. The summed E-state index contributed by atoms with van der Waals surface area (Å²) < 4.78 is 0. The van der Waals surface area contributed by atoms with E-state index in [2.05, 4.69) is 15.8 Å². The minimum atomic E-state index is -0.648. The molecule has 0 atom stereocenters. The van der Waals surface area contributed by atoms with Gasteiger partial charge < -0.3 is 4.98 Å². The maximum Gasteiger partial charge on any atom is 0.275 e. The van der Waals surface area contributed by atoms with Crippen LogP contribution in [0.3, 0.4) is 0 Å². The van der Waals surface area contributed by atoms with Crippen molar-refractivity contribution in [2.24, 2.45) is 0 Å². The molecule has 0 saturated carbocycles. The van der Waals surface area contributed by atoms with Gasteiger partial charge in [-0.25, -0.2) is 0 Å². The number of carbonyl (C=O) groups is 1. The van der Waals surface area contributed by atoms with E-state index in [1.165, 1.54) is 17.8 Å². The smallest absolute Gasteiger partial charge is 0.275 e. The topological polar surface area (TPSA) is 97.8 Å². The van der Waals surface area contributed by atoms with E-state index in [9.17, 15) is 9.59 Å². The Labute approximate surface area is 135 Å². The van der Waals surface area contributed by atoms with Gasteiger partial charge in [0, 0.05) is 5.02 Å². The van der Waals surface area contributed by atoms with E-state index in [0.717, 1.165) is 0 Å². The molecule has 1 aromatic heterocycles. The first kappa shape index (κ1) is 15.9. The number of hydrogen-bond donors (Lipinski definition) is 3. The molecule has 8 heteroatoms. The summed E-state index contributed by atoms with van der Waals surface area (Å²) in [7, 11) is 0. The molecule has 0 spiro atoms. The molecular weight excluding hydrogens is 324 g/mol. The van der Waals surface area contributed by atoms with Crippen molar-refractivity contribution in [3.63, 3.8) is 0 Å². The quantitative estimate of drug-likeness (QED) is 0.589. The van der Waals surface area contributed by atoms with Crippen LogP contribution in [0.5, 0.6) is 0 Å². The zero-order chi connectivity index (χ0) is 16.1. The number of nitrogens with zero attached hydrogens (tertiary/aromatic N) is 1. The van der Waals surface area contributed by atoms with Crippen molar-refractivity contribution in [1.82, 2.24) is 10.4 Å². The third-order valence-corrected chi connectivity index (χ3v) is 3.68. The van der Waals surface area contributed by atoms with E-state index in [0.29, 0.717) is 15.7 Å². The van der Waals surface area contributed by atoms with Gasteiger partial charge in [-0.15, -0.1) is 11.8 Å². The highest BCUT2D eigenvalue weighted by Crippen LogP contribution is 2.16. The molecule has 0 bridgehead atoms. The monoisotopic (exact) mass is 334 g/mol. The first-order chi connectivity index (χ1) is 10.5. The minimum absolute atomic E-state index is 0.149. The highest BCUT2D eigenvalue weighted by atomic mass is 35.5. The first-order valence-corrected chi connectivity index (χ1v) is 7.68. The van der Waals surface area contributed by atoms with Crippen LogP contribution in [-0.2, 0) is 0 Å². The number of benzene rings is 1. The van der Waals surface area contributed by atoms with Gasteiger partial charge in [0.25, 0.3) is 11.5 Å². The number of aromatic amines is 1. The fourth-order valence-electron chi connectivity index (χ4n) is 1.69. The SMILES string of the molecule is CSc1[nH]c(=O)c(C(=O)NNc2cccc(Cl)c2)cc1C#N. The summed E-state index contributed by atoms with van der Waals surface area (Å²) in [5, 5.41) is 9.97. The molecule has 1 heterocycles. The maximum absolute atomic E-state index is 12.0. The van der Waals surface area contributed by atoms with Gasteiger partial charge in [-0.1, -0.05) is 17.7 Å². The first-order valence-electron chi connectivity index (χ1n) is 6.08. The number of nitriles is 1. The van der Waals surface area contributed by atoms with Crippen molar-refractivity contribution in [3.8, 4) is 6.07 Å². The molecule has 0 aliphatic carbocycles. The summed E-state index contributed by atoms with van der Waals surface area (Å²) in [6.07, 6.45) is 1.73. The highest BCUT2D eigenvalue weighted by Gasteiger charge is 2.14. The van der Waals surface area contributed by atoms with Gasteiger partial charge in [0.2, 0.25) is 0 Å². The molecule has 1 aromatic carbocycles. The summed E-state index contributed by atoms with van der Waals surface area (Å²) in [5.74, 6) is -0.648. The number of anilines is 1. The standard InChI is InChI=1S/C14H11ClN4O2S/c1-22-14-8(7-16)5-11(12(20)17-14)13(21)19-18-10-4-2-3-9(15)6-10/h2-6,18H,1H3,(H,17,20)(H,19,21). The number of rotatable bonds is 4.